The molecule has 0 spiro atoms. The van der Waals surface area contributed by atoms with E-state index in [0.29, 0.717) is 23.7 Å². The third kappa shape index (κ3) is 4.37. The topological polar surface area (TPSA) is 68.5 Å². The number of hydrogen-bond donors (Lipinski definition) is 0. The predicted molar refractivity (Wildman–Crippen MR) is 90.0 cm³/mol. The number of methoxy groups -OCH3 is 1. The number of nitrogens with zero attached hydrogens (tertiary/aromatic N) is 1. The van der Waals surface area contributed by atoms with E-state index < -0.39 is 5.97 Å². The van der Waals surface area contributed by atoms with Crippen molar-refractivity contribution in [3.63, 3.8) is 0 Å². The van der Waals surface area contributed by atoms with Crippen molar-refractivity contribution in [3.8, 4) is 23.3 Å². The summed E-state index contributed by atoms with van der Waals surface area (Å²) in [6, 6.07) is 14.0. The summed E-state index contributed by atoms with van der Waals surface area (Å²) in [6.45, 7) is 2.43. The first-order chi connectivity index (χ1) is 11.7. The van der Waals surface area contributed by atoms with Crippen LogP contribution in [0.3, 0.4) is 0 Å². The summed E-state index contributed by atoms with van der Waals surface area (Å²) in [5.41, 5.74) is 1.20. The van der Waals surface area contributed by atoms with Gasteiger partial charge in [-0.3, -0.25) is 0 Å². The lowest BCUT2D eigenvalue weighted by Crippen LogP contribution is -2.05. The third-order valence-electron chi connectivity index (χ3n) is 3.12. The van der Waals surface area contributed by atoms with Crippen molar-refractivity contribution in [1.82, 2.24) is 0 Å². The fourth-order valence-corrected chi connectivity index (χ4v) is 2.03. The SMILES string of the molecule is CCOc1ccccc1/C=C/C(=O)Oc1ccc(C#N)cc1OC. The van der Waals surface area contributed by atoms with Crippen LogP contribution in [0, 0.1) is 11.3 Å². The number of para-hydroxylation sites is 1. The standard InChI is InChI=1S/C19H17NO4/c1-3-23-16-7-5-4-6-15(16)9-11-19(21)24-17-10-8-14(13-20)12-18(17)22-2/h4-12H,3H2,1-2H3/b11-9+. The number of ether oxygens (including phenoxy) is 3. The molecule has 0 saturated heterocycles. The zero-order chi connectivity index (χ0) is 17.4. The van der Waals surface area contributed by atoms with Gasteiger partial charge in [0, 0.05) is 17.7 Å². The fourth-order valence-electron chi connectivity index (χ4n) is 2.03. The third-order valence-corrected chi connectivity index (χ3v) is 3.12. The molecule has 0 radical (unpaired) electrons. The van der Waals surface area contributed by atoms with Gasteiger partial charge in [0.2, 0.25) is 0 Å². The number of rotatable bonds is 6. The van der Waals surface area contributed by atoms with Gasteiger partial charge in [-0.2, -0.15) is 5.26 Å². The molecule has 2 aromatic rings. The summed E-state index contributed by atoms with van der Waals surface area (Å²) < 4.78 is 15.9. The minimum absolute atomic E-state index is 0.254. The summed E-state index contributed by atoms with van der Waals surface area (Å²) in [4.78, 5) is 12.0. The smallest absolute Gasteiger partial charge is 0.336 e. The van der Waals surface area contributed by atoms with E-state index in [1.807, 2.05) is 37.3 Å². The Kier molecular flexibility index (Phi) is 5.98. The lowest BCUT2D eigenvalue weighted by atomic mass is 10.2. The van der Waals surface area contributed by atoms with E-state index in [-0.39, 0.29) is 5.75 Å². The summed E-state index contributed by atoms with van der Waals surface area (Å²) in [6.07, 6.45) is 2.94. The molecular formula is C19H17NO4. The number of hydrogen-bond acceptors (Lipinski definition) is 5. The molecule has 2 aromatic carbocycles. The van der Waals surface area contributed by atoms with E-state index in [2.05, 4.69) is 0 Å². The predicted octanol–water partition coefficient (Wildman–Crippen LogP) is 3.58. The van der Waals surface area contributed by atoms with Crippen LogP contribution in [0.15, 0.2) is 48.5 Å². The second kappa shape index (κ2) is 8.39. The largest absolute Gasteiger partial charge is 0.493 e. The van der Waals surface area contributed by atoms with Crippen LogP contribution in [0.25, 0.3) is 6.08 Å². The van der Waals surface area contributed by atoms with E-state index in [1.165, 1.54) is 25.3 Å². The fraction of sp³-hybridized carbons (Fsp3) is 0.158. The van der Waals surface area contributed by atoms with Crippen molar-refractivity contribution in [1.29, 1.82) is 5.26 Å². The Labute approximate surface area is 140 Å². The average molecular weight is 323 g/mol. The van der Waals surface area contributed by atoms with Gasteiger partial charge >= 0.3 is 5.97 Å². The van der Waals surface area contributed by atoms with Crippen LogP contribution in [0.4, 0.5) is 0 Å². The molecule has 0 aliphatic rings. The second-order valence-electron chi connectivity index (χ2n) is 4.70. The maximum Gasteiger partial charge on any atom is 0.336 e. The van der Waals surface area contributed by atoms with Crippen LogP contribution in [-0.2, 0) is 4.79 Å². The highest BCUT2D eigenvalue weighted by molar-refractivity contribution is 5.89. The molecule has 0 unspecified atom stereocenters. The van der Waals surface area contributed by atoms with Gasteiger partial charge in [0.1, 0.15) is 5.75 Å². The van der Waals surface area contributed by atoms with Crippen molar-refractivity contribution in [2.24, 2.45) is 0 Å². The Morgan fingerprint density at radius 1 is 1.17 bits per heavy atom. The van der Waals surface area contributed by atoms with Crippen LogP contribution in [0.2, 0.25) is 0 Å². The molecule has 0 aliphatic heterocycles. The van der Waals surface area contributed by atoms with E-state index in [1.54, 1.807) is 12.1 Å². The summed E-state index contributed by atoms with van der Waals surface area (Å²) in [5.74, 6) is 0.721. The summed E-state index contributed by atoms with van der Waals surface area (Å²) in [7, 11) is 1.45. The first-order valence-electron chi connectivity index (χ1n) is 7.37. The van der Waals surface area contributed by atoms with Gasteiger partial charge in [0.15, 0.2) is 11.5 Å². The molecule has 24 heavy (non-hydrogen) atoms. The maximum atomic E-state index is 12.0. The Balaban J connectivity index is 2.13. The highest BCUT2D eigenvalue weighted by Crippen LogP contribution is 2.28. The molecule has 122 valence electrons. The molecule has 0 heterocycles. The summed E-state index contributed by atoms with van der Waals surface area (Å²) >= 11 is 0. The number of esters is 1. The van der Waals surface area contributed by atoms with Crippen LogP contribution < -0.4 is 14.2 Å². The van der Waals surface area contributed by atoms with Crippen molar-refractivity contribution in [2.45, 2.75) is 6.92 Å². The average Bonchev–Trinajstić information content (AvgIpc) is 2.61. The Morgan fingerprint density at radius 2 is 1.96 bits per heavy atom. The molecule has 0 N–H and O–H groups in total. The van der Waals surface area contributed by atoms with Crippen molar-refractivity contribution in [3.05, 3.63) is 59.7 Å². The van der Waals surface area contributed by atoms with E-state index in [0.717, 1.165) is 5.56 Å². The molecule has 5 heteroatoms. The number of carbonyl (C=O) groups excluding carboxylic acids is 1. The number of carbonyl (C=O) groups is 1. The van der Waals surface area contributed by atoms with Crippen molar-refractivity contribution >= 4 is 12.0 Å². The zero-order valence-electron chi connectivity index (χ0n) is 13.5. The lowest BCUT2D eigenvalue weighted by Gasteiger charge is -2.08. The number of benzene rings is 2. The van der Waals surface area contributed by atoms with Crippen LogP contribution in [0.1, 0.15) is 18.1 Å². The van der Waals surface area contributed by atoms with Crippen LogP contribution >= 0.6 is 0 Å². The van der Waals surface area contributed by atoms with Gasteiger partial charge in [0.25, 0.3) is 0 Å². The monoisotopic (exact) mass is 323 g/mol. The van der Waals surface area contributed by atoms with Gasteiger partial charge < -0.3 is 14.2 Å². The van der Waals surface area contributed by atoms with Crippen LogP contribution in [0.5, 0.6) is 17.2 Å². The molecule has 2 rings (SSSR count). The van der Waals surface area contributed by atoms with Crippen LogP contribution in [-0.4, -0.2) is 19.7 Å². The van der Waals surface area contributed by atoms with Gasteiger partial charge in [0.05, 0.1) is 25.3 Å². The van der Waals surface area contributed by atoms with E-state index in [4.69, 9.17) is 19.5 Å². The lowest BCUT2D eigenvalue weighted by molar-refractivity contribution is -0.129. The van der Waals surface area contributed by atoms with Crippen molar-refractivity contribution in [2.75, 3.05) is 13.7 Å². The highest BCUT2D eigenvalue weighted by Gasteiger charge is 2.09. The first kappa shape index (κ1) is 17.1. The van der Waals surface area contributed by atoms with Crippen molar-refractivity contribution < 1.29 is 19.0 Å². The van der Waals surface area contributed by atoms with E-state index >= 15 is 0 Å². The van der Waals surface area contributed by atoms with Gasteiger partial charge in [-0.1, -0.05) is 18.2 Å². The Hall–Kier alpha value is -3.26. The molecule has 0 saturated carbocycles. The minimum atomic E-state index is -0.552. The highest BCUT2D eigenvalue weighted by atomic mass is 16.6. The van der Waals surface area contributed by atoms with Gasteiger partial charge in [-0.05, 0) is 31.2 Å². The molecule has 0 aliphatic carbocycles. The normalized spacial score (nSPS) is 10.2. The Bertz CT molecular complexity index is 790. The molecule has 0 aromatic heterocycles. The molecule has 5 nitrogen and oxygen atoms in total. The minimum Gasteiger partial charge on any atom is -0.493 e. The second-order valence-corrected chi connectivity index (χ2v) is 4.70. The molecule has 0 bridgehead atoms. The van der Waals surface area contributed by atoms with Gasteiger partial charge in [-0.15, -0.1) is 0 Å². The molecule has 0 amide bonds. The molecule has 0 fully saturated rings. The Morgan fingerprint density at radius 3 is 2.67 bits per heavy atom. The first-order valence-corrected chi connectivity index (χ1v) is 7.37. The quantitative estimate of drug-likeness (QED) is 0.462. The van der Waals surface area contributed by atoms with Gasteiger partial charge in [-0.25, -0.2) is 4.79 Å². The maximum absolute atomic E-state index is 12.0. The van der Waals surface area contributed by atoms with E-state index in [9.17, 15) is 4.79 Å². The molecule has 0 atom stereocenters. The zero-order valence-corrected chi connectivity index (χ0v) is 13.5. The number of nitriles is 1. The summed E-state index contributed by atoms with van der Waals surface area (Å²) in [5, 5.41) is 8.87. The molecular weight excluding hydrogens is 306 g/mol.